The van der Waals surface area contributed by atoms with E-state index in [2.05, 4.69) is 5.32 Å². The summed E-state index contributed by atoms with van der Waals surface area (Å²) in [6.45, 7) is 17.7. The monoisotopic (exact) mass is 911 g/mol. The van der Waals surface area contributed by atoms with E-state index in [0.717, 1.165) is 5.56 Å². The Kier molecular flexibility index (Phi) is 18.6. The van der Waals surface area contributed by atoms with Gasteiger partial charge in [0.15, 0.2) is 18.7 Å². The molecule has 366 valence electrons. The number of benzene rings is 1. The number of nitrogens with one attached hydrogen (secondary N) is 1. The van der Waals surface area contributed by atoms with Gasteiger partial charge in [-0.2, -0.15) is 0 Å². The zero-order valence-corrected chi connectivity index (χ0v) is 40.7. The molecule has 0 unspecified atom stereocenters. The van der Waals surface area contributed by atoms with Crippen LogP contribution in [0.15, 0.2) is 24.3 Å². The molecule has 0 radical (unpaired) electrons. The van der Waals surface area contributed by atoms with Gasteiger partial charge < -0.3 is 68.2 Å². The minimum absolute atomic E-state index is 0.0551. The second-order valence-electron chi connectivity index (χ2n) is 19.2. The van der Waals surface area contributed by atoms with Crippen molar-refractivity contribution in [3.8, 4) is 5.75 Å². The number of phenolic OH excluding ortho intramolecular Hbond substituents is 1. The lowest BCUT2D eigenvalue weighted by Crippen LogP contribution is -2.62. The Morgan fingerprint density at radius 2 is 1.48 bits per heavy atom. The molecule has 0 bridgehead atoms. The van der Waals surface area contributed by atoms with E-state index < -0.39 is 108 Å². The number of Topliss-reactive ketones (excluding diaryl/α,β-unsaturated/α-hetero) is 1. The van der Waals surface area contributed by atoms with Crippen LogP contribution in [0.3, 0.4) is 0 Å². The Morgan fingerprint density at radius 3 is 2.05 bits per heavy atom. The molecule has 0 aromatic heterocycles. The number of aliphatic hydroxyl groups excluding tert-OH is 1. The van der Waals surface area contributed by atoms with E-state index in [4.69, 9.17) is 42.6 Å². The second kappa shape index (κ2) is 22.2. The smallest absolute Gasteiger partial charge is 0.407 e. The van der Waals surface area contributed by atoms with Gasteiger partial charge in [-0.25, -0.2) is 4.79 Å². The molecule has 1 aromatic carbocycles. The van der Waals surface area contributed by atoms with Crippen molar-refractivity contribution < 1.29 is 72.3 Å². The molecular formula is C47H78N2O15. The highest BCUT2D eigenvalue weighted by Crippen LogP contribution is 2.42. The van der Waals surface area contributed by atoms with Crippen molar-refractivity contribution in [2.75, 3.05) is 35.4 Å². The molecule has 3 fully saturated rings. The summed E-state index contributed by atoms with van der Waals surface area (Å²) in [6.07, 6.45) is -9.15. The number of phenols is 1. The van der Waals surface area contributed by atoms with Crippen LogP contribution in [-0.4, -0.2) is 158 Å². The Labute approximate surface area is 380 Å². The minimum atomic E-state index is -1.78. The quantitative estimate of drug-likeness (QED) is 0.209. The topological polar surface area (TPSA) is 210 Å². The fraction of sp³-hybridized carbons (Fsp3) is 0.809. The van der Waals surface area contributed by atoms with Crippen LogP contribution in [0.5, 0.6) is 5.75 Å². The molecule has 4 N–H and O–H groups in total. The first kappa shape index (κ1) is 53.6. The van der Waals surface area contributed by atoms with Gasteiger partial charge in [0, 0.05) is 58.1 Å². The fourth-order valence-electron chi connectivity index (χ4n) is 10.2. The van der Waals surface area contributed by atoms with Gasteiger partial charge in [-0.05, 0) is 92.6 Å². The van der Waals surface area contributed by atoms with Gasteiger partial charge in [0.2, 0.25) is 0 Å². The van der Waals surface area contributed by atoms with Crippen LogP contribution in [0.2, 0.25) is 0 Å². The van der Waals surface area contributed by atoms with Crippen LogP contribution in [0.4, 0.5) is 4.79 Å². The normalized spacial score (nSPS) is 41.8. The highest BCUT2D eigenvalue weighted by atomic mass is 16.7. The average molecular weight is 911 g/mol. The molecule has 3 heterocycles. The number of carbonyl (C=O) groups excluding carboxylic acids is 3. The molecule has 3 aliphatic rings. The van der Waals surface area contributed by atoms with Gasteiger partial charge in [0.1, 0.15) is 34.9 Å². The molecule has 0 saturated carbocycles. The molecule has 18 atom stereocenters. The molecule has 17 nitrogen and oxygen atoms in total. The second-order valence-corrected chi connectivity index (χ2v) is 19.2. The summed E-state index contributed by atoms with van der Waals surface area (Å²) in [7, 11) is 8.20. The van der Waals surface area contributed by atoms with Crippen LogP contribution in [0.25, 0.3) is 0 Å². The Morgan fingerprint density at radius 1 is 0.875 bits per heavy atom. The number of aliphatic hydroxyl groups is 2. The van der Waals surface area contributed by atoms with Crippen LogP contribution in [0, 0.1) is 23.7 Å². The fourth-order valence-corrected chi connectivity index (χ4v) is 10.2. The first-order valence-electron chi connectivity index (χ1n) is 22.7. The lowest BCUT2D eigenvalue weighted by molar-refractivity contribution is -0.319. The number of amides is 1. The number of alkyl carbamates (subject to hydrolysis) is 1. The Balaban J connectivity index is 1.78. The number of rotatable bonds is 12. The molecule has 17 heteroatoms. The lowest BCUT2D eigenvalue weighted by atomic mass is 9.73. The SMILES string of the molecule is CC[C@H]1OC(=O)[C@H](C)[C@@H](O[C@H]2C[C@@](C)(OC)[C@@H](OC(=O)NCc3ccc(O)cc3)[C@H](C)O2)[C@H](C)[C@@H](O[C@@H]2O[C@H](C)C[C@H](N(C)C)[C@H]2O)[C@](C)(OC)C[C@@H](C)C(=O)[C@H](C)[C@@H](OC)[C@]1(C)O. The number of nitrogens with zero attached hydrogens (tertiary/aromatic N) is 1. The van der Waals surface area contributed by atoms with E-state index in [1.165, 1.54) is 40.4 Å². The minimum Gasteiger partial charge on any atom is -0.508 e. The van der Waals surface area contributed by atoms with Crippen molar-refractivity contribution in [2.24, 2.45) is 23.7 Å². The average Bonchev–Trinajstić information content (AvgIpc) is 3.24. The van der Waals surface area contributed by atoms with E-state index in [0.29, 0.717) is 6.42 Å². The van der Waals surface area contributed by atoms with E-state index in [1.54, 1.807) is 53.7 Å². The molecule has 3 saturated heterocycles. The van der Waals surface area contributed by atoms with E-state index in [9.17, 15) is 29.7 Å². The van der Waals surface area contributed by atoms with Crippen molar-refractivity contribution in [3.05, 3.63) is 29.8 Å². The summed E-state index contributed by atoms with van der Waals surface area (Å²) in [4.78, 5) is 44.0. The number of hydrogen-bond donors (Lipinski definition) is 4. The number of ketones is 1. The zero-order valence-electron chi connectivity index (χ0n) is 40.7. The largest absolute Gasteiger partial charge is 0.508 e. The maximum absolute atomic E-state index is 14.6. The van der Waals surface area contributed by atoms with E-state index in [1.807, 2.05) is 39.8 Å². The first-order valence-corrected chi connectivity index (χ1v) is 22.7. The number of methoxy groups -OCH3 is 3. The molecular weight excluding hydrogens is 833 g/mol. The summed E-state index contributed by atoms with van der Waals surface area (Å²) >= 11 is 0. The van der Waals surface area contributed by atoms with Gasteiger partial charge in [-0.1, -0.05) is 39.8 Å². The Hall–Kier alpha value is -2.97. The number of cyclic esters (lactones) is 1. The van der Waals surface area contributed by atoms with Crippen molar-refractivity contribution in [2.45, 2.75) is 186 Å². The summed E-state index contributed by atoms with van der Waals surface area (Å²) in [6, 6.07) is 6.11. The molecule has 1 amide bonds. The highest BCUT2D eigenvalue weighted by molar-refractivity contribution is 5.83. The van der Waals surface area contributed by atoms with Gasteiger partial charge in [-0.3, -0.25) is 9.59 Å². The predicted octanol–water partition coefficient (Wildman–Crippen LogP) is 4.73. The van der Waals surface area contributed by atoms with Crippen LogP contribution in [-0.2, 0) is 58.8 Å². The van der Waals surface area contributed by atoms with E-state index in [-0.39, 0.29) is 49.5 Å². The maximum Gasteiger partial charge on any atom is 0.407 e. The number of ether oxygens (including phenoxy) is 9. The summed E-state index contributed by atoms with van der Waals surface area (Å²) in [5.74, 6) is -4.06. The third-order valence-corrected chi connectivity index (χ3v) is 14.0. The number of likely N-dealkylation sites (N-methyl/N-ethyl adjacent to an activating group) is 1. The lowest BCUT2D eigenvalue weighted by Gasteiger charge is -2.50. The van der Waals surface area contributed by atoms with Crippen molar-refractivity contribution in [3.63, 3.8) is 0 Å². The maximum atomic E-state index is 14.6. The Bertz CT molecular complexity index is 1680. The molecule has 4 rings (SSSR count). The van der Waals surface area contributed by atoms with Gasteiger partial charge in [0.25, 0.3) is 0 Å². The third-order valence-electron chi connectivity index (χ3n) is 14.0. The van der Waals surface area contributed by atoms with Gasteiger partial charge >= 0.3 is 12.1 Å². The highest BCUT2D eigenvalue weighted by Gasteiger charge is 2.55. The van der Waals surface area contributed by atoms with Crippen LogP contribution in [0.1, 0.15) is 100 Å². The zero-order chi connectivity index (χ0) is 48.1. The van der Waals surface area contributed by atoms with Crippen molar-refractivity contribution >= 4 is 17.8 Å². The predicted molar refractivity (Wildman–Crippen MR) is 235 cm³/mol. The van der Waals surface area contributed by atoms with Crippen LogP contribution < -0.4 is 5.32 Å². The van der Waals surface area contributed by atoms with Gasteiger partial charge in [-0.15, -0.1) is 0 Å². The number of aromatic hydroxyl groups is 1. The van der Waals surface area contributed by atoms with Crippen LogP contribution >= 0.6 is 0 Å². The molecule has 64 heavy (non-hydrogen) atoms. The first-order chi connectivity index (χ1) is 29.9. The number of hydrogen-bond acceptors (Lipinski definition) is 16. The number of esters is 1. The summed E-state index contributed by atoms with van der Waals surface area (Å²) < 4.78 is 57.0. The summed E-state index contributed by atoms with van der Waals surface area (Å²) in [5.41, 5.74) is -3.44. The van der Waals surface area contributed by atoms with Crippen molar-refractivity contribution in [1.82, 2.24) is 10.2 Å². The van der Waals surface area contributed by atoms with Gasteiger partial charge in [0.05, 0.1) is 42.0 Å². The standard InChI is InChI=1S/C47H78N2O15/c1-16-34-47(10,55)40(56-13)27(4)36(51)25(2)22-45(8,57-14)39(63-43-37(52)33(49(11)12)21-26(3)59-43)28(5)38(29(6)42(53)61-34)62-35-23-46(9,58-15)41(30(7)60-35)64-44(54)48-24-31-17-19-32(50)20-18-31/h17-20,25-30,33-35,37-41,43,50,52,55H,16,21-24H2,1-15H3,(H,48,54)/t25-,26-,27+,28+,29-,30+,33+,34-,35+,37-,38+,39-,40-,41+,43+,45-,46-,47-/m1/s1. The molecule has 1 aromatic rings. The molecule has 3 aliphatic heterocycles. The number of carbonyl (C=O) groups is 3. The molecule has 0 spiro atoms. The van der Waals surface area contributed by atoms with Crippen molar-refractivity contribution in [1.29, 1.82) is 0 Å². The summed E-state index contributed by atoms with van der Waals surface area (Å²) in [5, 5.41) is 36.2. The molecule has 0 aliphatic carbocycles. The third kappa shape index (κ3) is 12.1. The van der Waals surface area contributed by atoms with E-state index >= 15 is 0 Å².